The fraction of sp³-hybridized carbons (Fsp3) is 0.682. The molecule has 0 bridgehead atoms. The van der Waals surface area contributed by atoms with E-state index in [0.29, 0.717) is 19.2 Å². The summed E-state index contributed by atoms with van der Waals surface area (Å²) >= 11 is 0. The van der Waals surface area contributed by atoms with Crippen molar-refractivity contribution >= 4 is 29.9 Å². The molecular formula is C22H37IN4O3. The Bertz CT molecular complexity index is 662. The van der Waals surface area contributed by atoms with Crippen molar-refractivity contribution in [1.82, 2.24) is 15.5 Å². The monoisotopic (exact) mass is 532 g/mol. The van der Waals surface area contributed by atoms with Crippen molar-refractivity contribution in [3.8, 4) is 5.75 Å². The molecule has 8 heteroatoms. The van der Waals surface area contributed by atoms with Gasteiger partial charge in [-0.2, -0.15) is 0 Å². The van der Waals surface area contributed by atoms with Crippen molar-refractivity contribution < 1.29 is 14.2 Å². The predicted molar refractivity (Wildman–Crippen MR) is 131 cm³/mol. The van der Waals surface area contributed by atoms with Gasteiger partial charge in [0.25, 0.3) is 0 Å². The van der Waals surface area contributed by atoms with Crippen LogP contribution in [-0.2, 0) is 16.0 Å². The third kappa shape index (κ3) is 7.86. The summed E-state index contributed by atoms with van der Waals surface area (Å²) in [6.45, 7) is 13.7. The lowest BCUT2D eigenvalue weighted by Gasteiger charge is -2.32. The van der Waals surface area contributed by atoms with Crippen LogP contribution < -0.4 is 15.4 Å². The quantitative estimate of drug-likeness (QED) is 0.305. The smallest absolute Gasteiger partial charge is 0.191 e. The van der Waals surface area contributed by atoms with Gasteiger partial charge in [-0.25, -0.2) is 4.99 Å². The van der Waals surface area contributed by atoms with Crippen molar-refractivity contribution in [2.75, 3.05) is 52.6 Å². The van der Waals surface area contributed by atoms with Crippen LogP contribution in [-0.4, -0.2) is 75.6 Å². The molecular weight excluding hydrogens is 495 g/mol. The van der Waals surface area contributed by atoms with Crippen LogP contribution in [0, 0.1) is 6.92 Å². The number of morpholine rings is 1. The van der Waals surface area contributed by atoms with E-state index in [-0.39, 0.29) is 30.1 Å². The van der Waals surface area contributed by atoms with Crippen molar-refractivity contribution in [2.45, 2.75) is 45.9 Å². The average Bonchev–Trinajstić information content (AvgIpc) is 3.24. The third-order valence-corrected chi connectivity index (χ3v) is 5.39. The highest BCUT2D eigenvalue weighted by Crippen LogP contribution is 2.24. The lowest BCUT2D eigenvalue weighted by molar-refractivity contribution is 0.0211. The zero-order chi connectivity index (χ0) is 20.5. The highest BCUT2D eigenvalue weighted by atomic mass is 127. The van der Waals surface area contributed by atoms with Gasteiger partial charge in [0.1, 0.15) is 11.9 Å². The van der Waals surface area contributed by atoms with Crippen LogP contribution in [0.15, 0.2) is 23.2 Å². The zero-order valence-corrected chi connectivity index (χ0v) is 20.8. The van der Waals surface area contributed by atoms with E-state index in [9.17, 15) is 0 Å². The van der Waals surface area contributed by atoms with E-state index >= 15 is 0 Å². The van der Waals surface area contributed by atoms with Crippen LogP contribution in [0.4, 0.5) is 0 Å². The SMILES string of the molecule is CCNC(=NCc1ccc(C)cc1OC1CCOC1)NCC(C)N1CCOCC1.I. The maximum atomic E-state index is 6.20. The predicted octanol–water partition coefficient (Wildman–Crippen LogP) is 2.56. The van der Waals surface area contributed by atoms with Gasteiger partial charge in [0.15, 0.2) is 5.96 Å². The van der Waals surface area contributed by atoms with Gasteiger partial charge in [-0.3, -0.25) is 4.90 Å². The van der Waals surface area contributed by atoms with E-state index in [4.69, 9.17) is 19.2 Å². The van der Waals surface area contributed by atoms with Crippen LogP contribution in [0.5, 0.6) is 5.75 Å². The first-order valence-corrected chi connectivity index (χ1v) is 10.8. The second-order valence-electron chi connectivity index (χ2n) is 7.79. The summed E-state index contributed by atoms with van der Waals surface area (Å²) in [5.74, 6) is 1.75. The molecule has 30 heavy (non-hydrogen) atoms. The van der Waals surface area contributed by atoms with E-state index in [1.54, 1.807) is 0 Å². The molecule has 2 N–H and O–H groups in total. The standard InChI is InChI=1S/C22H36N4O3.HI/c1-4-23-22(24-14-18(3)26-8-11-27-12-9-26)25-15-19-6-5-17(2)13-21(19)29-20-7-10-28-16-20;/h5-6,13,18,20H,4,7-12,14-16H2,1-3H3,(H2,23,24,25);1H. The molecule has 2 aliphatic rings. The number of benzene rings is 1. The number of ether oxygens (including phenoxy) is 3. The Kier molecular flexibility index (Phi) is 11.2. The van der Waals surface area contributed by atoms with Gasteiger partial charge in [-0.15, -0.1) is 24.0 Å². The Labute approximate surface area is 197 Å². The van der Waals surface area contributed by atoms with Crippen LogP contribution >= 0.6 is 24.0 Å². The van der Waals surface area contributed by atoms with Gasteiger partial charge in [0.05, 0.1) is 33.0 Å². The fourth-order valence-electron chi connectivity index (χ4n) is 3.59. The molecule has 0 radical (unpaired) electrons. The minimum Gasteiger partial charge on any atom is -0.488 e. The Morgan fingerprint density at radius 1 is 1.23 bits per heavy atom. The molecule has 0 aliphatic carbocycles. The van der Waals surface area contributed by atoms with Crippen LogP contribution in [0.2, 0.25) is 0 Å². The van der Waals surface area contributed by atoms with Crippen LogP contribution in [0.25, 0.3) is 0 Å². The molecule has 0 aromatic heterocycles. The fourth-order valence-corrected chi connectivity index (χ4v) is 3.59. The van der Waals surface area contributed by atoms with Crippen LogP contribution in [0.1, 0.15) is 31.4 Å². The van der Waals surface area contributed by atoms with Crippen molar-refractivity contribution in [1.29, 1.82) is 0 Å². The summed E-state index contributed by atoms with van der Waals surface area (Å²) in [6.07, 6.45) is 1.08. The highest BCUT2D eigenvalue weighted by molar-refractivity contribution is 14.0. The Morgan fingerprint density at radius 3 is 2.73 bits per heavy atom. The van der Waals surface area contributed by atoms with E-state index in [1.807, 2.05) is 0 Å². The largest absolute Gasteiger partial charge is 0.488 e. The van der Waals surface area contributed by atoms with E-state index < -0.39 is 0 Å². The first-order valence-electron chi connectivity index (χ1n) is 10.8. The van der Waals surface area contributed by atoms with Gasteiger partial charge in [-0.05, 0) is 32.4 Å². The number of halogens is 1. The summed E-state index contributed by atoms with van der Waals surface area (Å²) in [7, 11) is 0. The van der Waals surface area contributed by atoms with Crippen molar-refractivity contribution in [2.24, 2.45) is 4.99 Å². The van der Waals surface area contributed by atoms with Crippen LogP contribution in [0.3, 0.4) is 0 Å². The van der Waals surface area contributed by atoms with Gasteiger partial charge in [0, 0.05) is 44.2 Å². The van der Waals surface area contributed by atoms with Gasteiger partial charge in [-0.1, -0.05) is 12.1 Å². The summed E-state index contributed by atoms with van der Waals surface area (Å²) in [5, 5.41) is 6.84. The maximum absolute atomic E-state index is 6.20. The van der Waals surface area contributed by atoms with Gasteiger partial charge >= 0.3 is 0 Å². The number of aryl methyl sites for hydroxylation is 1. The third-order valence-electron chi connectivity index (χ3n) is 5.39. The minimum absolute atomic E-state index is 0. The molecule has 0 spiro atoms. The Morgan fingerprint density at radius 2 is 2.03 bits per heavy atom. The molecule has 7 nitrogen and oxygen atoms in total. The molecule has 1 aromatic carbocycles. The summed E-state index contributed by atoms with van der Waals surface area (Å²) in [4.78, 5) is 7.26. The van der Waals surface area contributed by atoms with E-state index in [2.05, 4.69) is 54.5 Å². The normalized spacial score (nSPS) is 21.0. The van der Waals surface area contributed by atoms with Gasteiger partial charge < -0.3 is 24.8 Å². The summed E-state index contributed by atoms with van der Waals surface area (Å²) < 4.78 is 17.1. The number of hydrogen-bond donors (Lipinski definition) is 2. The molecule has 170 valence electrons. The zero-order valence-electron chi connectivity index (χ0n) is 18.5. The first-order chi connectivity index (χ1) is 14.2. The minimum atomic E-state index is 0. The highest BCUT2D eigenvalue weighted by Gasteiger charge is 2.19. The second-order valence-corrected chi connectivity index (χ2v) is 7.79. The first kappa shape index (κ1) is 25.2. The lowest BCUT2D eigenvalue weighted by atomic mass is 10.1. The number of aliphatic imine (C=N–C) groups is 1. The molecule has 0 saturated carbocycles. The summed E-state index contributed by atoms with van der Waals surface area (Å²) in [6, 6.07) is 6.76. The van der Waals surface area contributed by atoms with Crippen molar-refractivity contribution in [3.05, 3.63) is 29.3 Å². The topological polar surface area (TPSA) is 67.4 Å². The molecule has 1 aromatic rings. The number of nitrogens with zero attached hydrogens (tertiary/aromatic N) is 2. The maximum Gasteiger partial charge on any atom is 0.191 e. The molecule has 2 saturated heterocycles. The molecule has 2 unspecified atom stereocenters. The number of rotatable bonds is 8. The average molecular weight is 532 g/mol. The van der Waals surface area contributed by atoms with Crippen molar-refractivity contribution in [3.63, 3.8) is 0 Å². The Balaban J connectivity index is 0.00000320. The molecule has 2 heterocycles. The molecule has 2 aliphatic heterocycles. The number of nitrogens with one attached hydrogen (secondary N) is 2. The Hall–Kier alpha value is -1.10. The number of guanidine groups is 1. The second kappa shape index (κ2) is 13.3. The molecule has 3 rings (SSSR count). The van der Waals surface area contributed by atoms with E-state index in [1.165, 1.54) is 5.56 Å². The molecule has 0 amide bonds. The van der Waals surface area contributed by atoms with Gasteiger partial charge in [0.2, 0.25) is 0 Å². The summed E-state index contributed by atoms with van der Waals surface area (Å²) in [5.41, 5.74) is 2.29. The number of hydrogen-bond acceptors (Lipinski definition) is 5. The molecule has 2 atom stereocenters. The lowest BCUT2D eigenvalue weighted by Crippen LogP contribution is -2.49. The van der Waals surface area contributed by atoms with E-state index in [0.717, 1.165) is 69.7 Å². The molecule has 2 fully saturated rings.